The zero-order valence-corrected chi connectivity index (χ0v) is 13.9. The molecule has 1 aliphatic rings. The third-order valence-electron chi connectivity index (χ3n) is 4.04. The Labute approximate surface area is 133 Å². The average Bonchev–Trinajstić information content (AvgIpc) is 2.48. The van der Waals surface area contributed by atoms with Gasteiger partial charge in [-0.25, -0.2) is 0 Å². The summed E-state index contributed by atoms with van der Waals surface area (Å²) in [4.78, 5) is 12.8. The molecule has 1 saturated heterocycles. The number of nitro benzene ring substituents is 1. The van der Waals surface area contributed by atoms with Gasteiger partial charge < -0.3 is 5.32 Å². The van der Waals surface area contributed by atoms with Crippen LogP contribution in [0.4, 0.5) is 5.69 Å². The molecule has 2 rings (SSSR count). The Morgan fingerprint density at radius 2 is 2.05 bits per heavy atom. The van der Waals surface area contributed by atoms with Crippen molar-refractivity contribution in [3.63, 3.8) is 0 Å². The quantitative estimate of drug-likeness (QED) is 0.634. The van der Waals surface area contributed by atoms with Gasteiger partial charge in [-0.15, -0.1) is 0 Å². The van der Waals surface area contributed by atoms with E-state index in [-0.39, 0.29) is 16.1 Å². The first-order chi connectivity index (χ1) is 10.4. The van der Waals surface area contributed by atoms with Gasteiger partial charge in [0.25, 0.3) is 5.69 Å². The van der Waals surface area contributed by atoms with Crippen LogP contribution in [0.5, 0.6) is 0 Å². The lowest BCUT2D eigenvalue weighted by atomic mass is 10.0. The maximum atomic E-state index is 11.4. The van der Waals surface area contributed by atoms with Crippen LogP contribution in [-0.2, 0) is 17.3 Å². The number of benzene rings is 1. The Kier molecular flexibility index (Phi) is 5.66. The van der Waals surface area contributed by atoms with Crippen LogP contribution in [0.2, 0.25) is 0 Å². The number of nitro groups is 1. The number of non-ortho nitro benzene ring substituents is 1. The molecule has 1 aromatic carbocycles. The first-order valence-electron chi connectivity index (χ1n) is 7.42. The number of hydrogen-bond donors (Lipinski definition) is 1. The van der Waals surface area contributed by atoms with E-state index in [2.05, 4.69) is 24.1 Å². The van der Waals surface area contributed by atoms with Crippen LogP contribution in [0, 0.1) is 10.1 Å². The summed E-state index contributed by atoms with van der Waals surface area (Å²) >= 11 is 0. The lowest BCUT2D eigenvalue weighted by Gasteiger charge is -2.40. The highest BCUT2D eigenvalue weighted by Crippen LogP contribution is 2.17. The second kappa shape index (κ2) is 7.30. The molecule has 0 unspecified atom stereocenters. The number of nitrogens with zero attached hydrogens (tertiary/aromatic N) is 2. The fraction of sp³-hybridized carbons (Fsp3) is 0.600. The number of nitrogens with one attached hydrogen (secondary N) is 1. The molecule has 1 aromatic rings. The van der Waals surface area contributed by atoms with Crippen molar-refractivity contribution in [1.29, 1.82) is 0 Å². The maximum absolute atomic E-state index is 11.4. The van der Waals surface area contributed by atoms with E-state index in [1.54, 1.807) is 12.1 Å². The molecule has 0 atom stereocenters. The number of hydrogen-bond acceptors (Lipinski definition) is 5. The molecule has 122 valence electrons. The summed E-state index contributed by atoms with van der Waals surface area (Å²) in [6, 6.07) is 6.70. The minimum atomic E-state index is -0.664. The fourth-order valence-corrected chi connectivity index (χ4v) is 3.70. The highest BCUT2D eigenvalue weighted by Gasteiger charge is 2.29. The van der Waals surface area contributed by atoms with E-state index in [9.17, 15) is 14.3 Å². The van der Waals surface area contributed by atoms with Gasteiger partial charge in [0.05, 0.1) is 4.92 Å². The molecule has 7 heteroatoms. The van der Waals surface area contributed by atoms with Crippen LogP contribution < -0.4 is 5.32 Å². The molecule has 1 heterocycles. The summed E-state index contributed by atoms with van der Waals surface area (Å²) < 4.78 is 11.4. The standard InChI is InChI=1S/C15H23N3O3S/c1-15(2,17-6-8-22(21)9-7-17)12-16-11-13-4-3-5-14(10-13)18(19)20/h3-5,10,16H,6-9,11-12H2,1-2H3. The van der Waals surface area contributed by atoms with Crippen LogP contribution in [0.3, 0.4) is 0 Å². The van der Waals surface area contributed by atoms with E-state index < -0.39 is 10.8 Å². The van der Waals surface area contributed by atoms with Crippen LogP contribution in [0.1, 0.15) is 19.4 Å². The Morgan fingerprint density at radius 1 is 1.36 bits per heavy atom. The largest absolute Gasteiger partial charge is 0.311 e. The van der Waals surface area contributed by atoms with Crippen molar-refractivity contribution < 1.29 is 9.13 Å². The first kappa shape index (κ1) is 17.1. The van der Waals surface area contributed by atoms with Gasteiger partial charge in [-0.1, -0.05) is 12.1 Å². The summed E-state index contributed by atoms with van der Waals surface area (Å²) in [5.74, 6) is 1.49. The van der Waals surface area contributed by atoms with E-state index in [0.29, 0.717) is 6.54 Å². The third kappa shape index (κ3) is 4.59. The Balaban J connectivity index is 1.85. The molecule has 0 aliphatic carbocycles. The van der Waals surface area contributed by atoms with Crippen molar-refractivity contribution in [1.82, 2.24) is 10.2 Å². The van der Waals surface area contributed by atoms with Crippen molar-refractivity contribution in [3.8, 4) is 0 Å². The van der Waals surface area contributed by atoms with E-state index in [0.717, 1.165) is 36.7 Å². The van der Waals surface area contributed by atoms with E-state index in [4.69, 9.17) is 0 Å². The van der Waals surface area contributed by atoms with Gasteiger partial charge in [-0.2, -0.15) is 0 Å². The highest BCUT2D eigenvalue weighted by atomic mass is 32.2. The van der Waals surface area contributed by atoms with E-state index >= 15 is 0 Å². The van der Waals surface area contributed by atoms with Gasteiger partial charge in [0.2, 0.25) is 0 Å². The van der Waals surface area contributed by atoms with Gasteiger partial charge >= 0.3 is 0 Å². The third-order valence-corrected chi connectivity index (χ3v) is 5.32. The summed E-state index contributed by atoms with van der Waals surface area (Å²) in [7, 11) is -0.664. The summed E-state index contributed by atoms with van der Waals surface area (Å²) in [5, 5.41) is 14.1. The van der Waals surface area contributed by atoms with Gasteiger partial charge in [-0.05, 0) is 19.4 Å². The predicted molar refractivity (Wildman–Crippen MR) is 88.3 cm³/mol. The second-order valence-corrected chi connectivity index (χ2v) is 7.87. The minimum Gasteiger partial charge on any atom is -0.311 e. The topological polar surface area (TPSA) is 75.5 Å². The Hall–Kier alpha value is -1.31. The summed E-state index contributed by atoms with van der Waals surface area (Å²) in [5.41, 5.74) is 1.01. The molecular weight excluding hydrogens is 302 g/mol. The Bertz CT molecular complexity index is 553. The molecular formula is C15H23N3O3S. The molecule has 0 aromatic heterocycles. The van der Waals surface area contributed by atoms with Crippen LogP contribution in [0.25, 0.3) is 0 Å². The molecule has 0 radical (unpaired) electrons. The van der Waals surface area contributed by atoms with Crippen LogP contribution >= 0.6 is 0 Å². The molecule has 22 heavy (non-hydrogen) atoms. The van der Waals surface area contributed by atoms with Gasteiger partial charge in [-0.3, -0.25) is 19.2 Å². The fourth-order valence-electron chi connectivity index (χ4n) is 2.65. The molecule has 1 N–H and O–H groups in total. The van der Waals surface area contributed by atoms with E-state index in [1.165, 1.54) is 6.07 Å². The smallest absolute Gasteiger partial charge is 0.269 e. The molecule has 0 amide bonds. The van der Waals surface area contributed by atoms with Gasteiger partial charge in [0.1, 0.15) is 0 Å². The van der Waals surface area contributed by atoms with E-state index in [1.807, 2.05) is 6.07 Å². The lowest BCUT2D eigenvalue weighted by Crippen LogP contribution is -2.55. The zero-order valence-electron chi connectivity index (χ0n) is 13.1. The van der Waals surface area contributed by atoms with Crippen LogP contribution in [-0.4, -0.2) is 50.7 Å². The molecule has 6 nitrogen and oxygen atoms in total. The summed E-state index contributed by atoms with van der Waals surface area (Å²) in [6.45, 7) is 7.44. The SMILES string of the molecule is CC(C)(CNCc1cccc([N+](=O)[O-])c1)N1CCS(=O)CC1. The van der Waals surface area contributed by atoms with Crippen molar-refractivity contribution >= 4 is 16.5 Å². The minimum absolute atomic E-state index is 0.0225. The molecule has 1 aliphatic heterocycles. The van der Waals surface area contributed by atoms with Crippen molar-refractivity contribution in [2.24, 2.45) is 0 Å². The summed E-state index contributed by atoms with van der Waals surface area (Å²) in [6.07, 6.45) is 0. The highest BCUT2D eigenvalue weighted by molar-refractivity contribution is 7.85. The molecule has 0 saturated carbocycles. The van der Waals surface area contributed by atoms with Crippen molar-refractivity contribution in [3.05, 3.63) is 39.9 Å². The maximum Gasteiger partial charge on any atom is 0.269 e. The normalized spacial score (nSPS) is 17.5. The predicted octanol–water partition coefficient (Wildman–Crippen LogP) is 1.53. The molecule has 1 fully saturated rings. The van der Waals surface area contributed by atoms with Crippen molar-refractivity contribution in [2.75, 3.05) is 31.1 Å². The zero-order chi connectivity index (χ0) is 16.2. The van der Waals surface area contributed by atoms with Crippen LogP contribution in [0.15, 0.2) is 24.3 Å². The van der Waals surface area contributed by atoms with Gasteiger partial charge in [0, 0.05) is 66.2 Å². The van der Waals surface area contributed by atoms with Gasteiger partial charge in [0.15, 0.2) is 0 Å². The molecule has 0 spiro atoms. The van der Waals surface area contributed by atoms with Crippen molar-refractivity contribution in [2.45, 2.75) is 25.9 Å². The lowest BCUT2D eigenvalue weighted by molar-refractivity contribution is -0.384. The first-order valence-corrected chi connectivity index (χ1v) is 8.91. The monoisotopic (exact) mass is 325 g/mol. The number of rotatable bonds is 6. The average molecular weight is 325 g/mol. The molecule has 0 bridgehead atoms. The Morgan fingerprint density at radius 3 is 2.68 bits per heavy atom. The second-order valence-electron chi connectivity index (χ2n) is 6.18.